The second kappa shape index (κ2) is 4.42. The zero-order valence-corrected chi connectivity index (χ0v) is 8.82. The number of anilines is 1. The van der Waals surface area contributed by atoms with Crippen LogP contribution in [-0.2, 0) is 0 Å². The summed E-state index contributed by atoms with van der Waals surface area (Å²) in [5.74, 6) is 0. The smallest absolute Gasteiger partial charge is 0.297 e. The number of urea groups is 1. The lowest BCUT2D eigenvalue weighted by Crippen LogP contribution is -2.46. The van der Waals surface area contributed by atoms with Crippen LogP contribution in [-0.4, -0.2) is 31.3 Å². The number of carbonyl (C=O) groups is 1. The number of alkyl halides is 3. The van der Waals surface area contributed by atoms with Crippen molar-refractivity contribution in [2.75, 3.05) is 19.0 Å². The molecular weight excluding hydrogens is 221 g/mol. The van der Waals surface area contributed by atoms with E-state index in [0.717, 1.165) is 4.90 Å². The van der Waals surface area contributed by atoms with Crippen molar-refractivity contribution in [3.8, 4) is 0 Å². The molecule has 1 rings (SSSR count). The quantitative estimate of drug-likeness (QED) is 0.683. The summed E-state index contributed by atoms with van der Waals surface area (Å²) in [5, 5.41) is 0. The van der Waals surface area contributed by atoms with Crippen molar-refractivity contribution in [3.05, 3.63) is 30.3 Å². The third-order valence-electron chi connectivity index (χ3n) is 2.10. The van der Waals surface area contributed by atoms with Gasteiger partial charge in [-0.15, -0.1) is 13.2 Å². The number of benzene rings is 1. The summed E-state index contributed by atoms with van der Waals surface area (Å²) in [5.41, 5.74) is 0.406. The highest BCUT2D eigenvalue weighted by Crippen LogP contribution is 2.22. The predicted octanol–water partition coefficient (Wildman–Crippen LogP) is 2.69. The van der Waals surface area contributed by atoms with Gasteiger partial charge in [0.15, 0.2) is 0 Å². The average molecular weight is 232 g/mol. The van der Waals surface area contributed by atoms with Gasteiger partial charge in [-0.3, -0.25) is 4.90 Å². The van der Waals surface area contributed by atoms with E-state index in [1.165, 1.54) is 7.05 Å². The zero-order chi connectivity index (χ0) is 12.3. The number of nitrogens with zero attached hydrogens (tertiary/aromatic N) is 2. The molecule has 88 valence electrons. The number of halogens is 3. The Morgan fingerprint density at radius 3 is 2.06 bits per heavy atom. The van der Waals surface area contributed by atoms with Gasteiger partial charge in [0.05, 0.1) is 0 Å². The molecule has 1 aromatic carbocycles. The molecule has 0 aliphatic heterocycles. The van der Waals surface area contributed by atoms with Gasteiger partial charge in [-0.25, -0.2) is 9.69 Å². The first-order chi connectivity index (χ1) is 7.34. The van der Waals surface area contributed by atoms with Crippen LogP contribution in [0.5, 0.6) is 0 Å². The summed E-state index contributed by atoms with van der Waals surface area (Å²) in [4.78, 5) is 12.1. The highest BCUT2D eigenvalue weighted by Gasteiger charge is 2.39. The van der Waals surface area contributed by atoms with Gasteiger partial charge in [0, 0.05) is 19.8 Å². The van der Waals surface area contributed by atoms with Gasteiger partial charge < -0.3 is 0 Å². The van der Waals surface area contributed by atoms with Crippen LogP contribution in [0.4, 0.5) is 23.7 Å². The van der Waals surface area contributed by atoms with Crippen LogP contribution in [0.15, 0.2) is 30.3 Å². The van der Waals surface area contributed by atoms with Crippen LogP contribution < -0.4 is 4.90 Å². The fraction of sp³-hybridized carbons (Fsp3) is 0.300. The van der Waals surface area contributed by atoms with Crippen LogP contribution in [0, 0.1) is 0 Å². The lowest BCUT2D eigenvalue weighted by Gasteiger charge is -2.26. The van der Waals surface area contributed by atoms with Crippen molar-refractivity contribution in [1.82, 2.24) is 4.90 Å². The molecule has 0 saturated heterocycles. The van der Waals surface area contributed by atoms with Crippen LogP contribution in [0.25, 0.3) is 0 Å². The minimum Gasteiger partial charge on any atom is -0.297 e. The largest absolute Gasteiger partial charge is 0.488 e. The molecule has 16 heavy (non-hydrogen) atoms. The van der Waals surface area contributed by atoms with Crippen molar-refractivity contribution in [1.29, 1.82) is 0 Å². The fourth-order valence-corrected chi connectivity index (χ4v) is 1.10. The molecule has 0 unspecified atom stereocenters. The Hall–Kier alpha value is -1.72. The summed E-state index contributed by atoms with van der Waals surface area (Å²) in [6, 6.07) is 7.00. The number of amides is 2. The van der Waals surface area contributed by atoms with Crippen molar-refractivity contribution < 1.29 is 18.0 Å². The molecule has 6 heteroatoms. The number of carbonyl (C=O) groups excluding carboxylic acids is 1. The maximum atomic E-state index is 12.3. The molecule has 1 aromatic rings. The van der Waals surface area contributed by atoms with E-state index >= 15 is 0 Å². The zero-order valence-electron chi connectivity index (χ0n) is 8.82. The Balaban J connectivity index is 2.84. The maximum Gasteiger partial charge on any atom is 0.488 e. The Labute approximate surface area is 91.1 Å². The number of hydrogen-bond donors (Lipinski definition) is 0. The Morgan fingerprint density at radius 2 is 1.62 bits per heavy atom. The standard InChI is InChI=1S/C10H11F3N2O/c1-14(8-6-4-3-5-7-8)9(16)15(2)10(11,12)13/h3-7H,1-2H3. The van der Waals surface area contributed by atoms with Gasteiger partial charge in [0.25, 0.3) is 0 Å². The summed E-state index contributed by atoms with van der Waals surface area (Å²) in [7, 11) is 1.99. The van der Waals surface area contributed by atoms with E-state index in [4.69, 9.17) is 0 Å². The molecule has 0 spiro atoms. The van der Waals surface area contributed by atoms with Gasteiger partial charge in [0.1, 0.15) is 0 Å². The molecule has 0 saturated carbocycles. The SMILES string of the molecule is CN(C(=O)N(C)C(F)(F)F)c1ccccc1. The first kappa shape index (κ1) is 12.4. The predicted molar refractivity (Wildman–Crippen MR) is 54.1 cm³/mol. The maximum absolute atomic E-state index is 12.3. The molecule has 0 radical (unpaired) electrons. The molecule has 0 aliphatic carbocycles. The van der Waals surface area contributed by atoms with Crippen molar-refractivity contribution >= 4 is 11.7 Å². The lowest BCUT2D eigenvalue weighted by molar-refractivity contribution is -0.214. The van der Waals surface area contributed by atoms with Gasteiger partial charge in [0.2, 0.25) is 0 Å². The van der Waals surface area contributed by atoms with E-state index in [9.17, 15) is 18.0 Å². The van der Waals surface area contributed by atoms with Crippen LogP contribution in [0.3, 0.4) is 0 Å². The molecule has 0 aliphatic rings. The second-order valence-electron chi connectivity index (χ2n) is 3.20. The van der Waals surface area contributed by atoms with E-state index in [0.29, 0.717) is 12.7 Å². The monoisotopic (exact) mass is 232 g/mol. The molecule has 0 N–H and O–H groups in total. The average Bonchev–Trinajstić information content (AvgIpc) is 2.26. The Kier molecular flexibility index (Phi) is 3.41. The van der Waals surface area contributed by atoms with Gasteiger partial charge >= 0.3 is 12.3 Å². The highest BCUT2D eigenvalue weighted by atomic mass is 19.4. The van der Waals surface area contributed by atoms with Crippen LogP contribution in [0.1, 0.15) is 0 Å². The molecule has 0 heterocycles. The first-order valence-corrected chi connectivity index (χ1v) is 4.47. The lowest BCUT2D eigenvalue weighted by atomic mass is 10.3. The number of para-hydroxylation sites is 1. The molecule has 0 aromatic heterocycles. The minimum atomic E-state index is -4.67. The van der Waals surface area contributed by atoms with Crippen molar-refractivity contribution in [2.24, 2.45) is 0 Å². The summed E-state index contributed by atoms with van der Waals surface area (Å²) < 4.78 is 36.8. The molecule has 2 amide bonds. The van der Waals surface area contributed by atoms with E-state index in [-0.39, 0.29) is 4.90 Å². The van der Waals surface area contributed by atoms with E-state index in [1.807, 2.05) is 0 Å². The molecule has 0 fully saturated rings. The number of hydrogen-bond acceptors (Lipinski definition) is 1. The van der Waals surface area contributed by atoms with Gasteiger partial charge in [-0.2, -0.15) is 0 Å². The molecule has 0 atom stereocenters. The van der Waals surface area contributed by atoms with Gasteiger partial charge in [-0.1, -0.05) is 18.2 Å². The highest BCUT2D eigenvalue weighted by molar-refractivity contribution is 5.91. The second-order valence-corrected chi connectivity index (χ2v) is 3.20. The first-order valence-electron chi connectivity index (χ1n) is 4.47. The fourth-order valence-electron chi connectivity index (χ4n) is 1.10. The Morgan fingerprint density at radius 1 is 1.12 bits per heavy atom. The minimum absolute atomic E-state index is 0.264. The van der Waals surface area contributed by atoms with E-state index < -0.39 is 12.3 Å². The van der Waals surface area contributed by atoms with Gasteiger partial charge in [-0.05, 0) is 12.1 Å². The third kappa shape index (κ3) is 2.65. The van der Waals surface area contributed by atoms with E-state index in [1.54, 1.807) is 30.3 Å². The van der Waals surface area contributed by atoms with Crippen LogP contribution in [0.2, 0.25) is 0 Å². The topological polar surface area (TPSA) is 23.6 Å². The van der Waals surface area contributed by atoms with Crippen molar-refractivity contribution in [3.63, 3.8) is 0 Å². The normalized spacial score (nSPS) is 11.1. The molecular formula is C10H11F3N2O. The molecule has 0 bridgehead atoms. The third-order valence-corrected chi connectivity index (χ3v) is 2.10. The van der Waals surface area contributed by atoms with Crippen LogP contribution >= 0.6 is 0 Å². The number of rotatable bonds is 1. The van der Waals surface area contributed by atoms with Crippen molar-refractivity contribution in [2.45, 2.75) is 6.30 Å². The Bertz CT molecular complexity index is 364. The summed E-state index contributed by atoms with van der Waals surface area (Å²) in [6.45, 7) is 0. The summed E-state index contributed by atoms with van der Waals surface area (Å²) >= 11 is 0. The molecule has 3 nitrogen and oxygen atoms in total. The summed E-state index contributed by atoms with van der Waals surface area (Å²) in [6.07, 6.45) is -4.67. The van der Waals surface area contributed by atoms with E-state index in [2.05, 4.69) is 0 Å².